The Kier molecular flexibility index (Phi) is 5.61. The van der Waals surface area contributed by atoms with E-state index in [1.54, 1.807) is 0 Å². The minimum absolute atomic E-state index is 0.0322. The number of aromatic nitrogens is 2. The Labute approximate surface area is 194 Å². The first-order chi connectivity index (χ1) is 15.5. The third-order valence-electron chi connectivity index (χ3n) is 5.90. The Morgan fingerprint density at radius 1 is 1.19 bits per heavy atom. The molecule has 0 bridgehead atoms. The van der Waals surface area contributed by atoms with Gasteiger partial charge in [-0.05, 0) is 43.9 Å². The van der Waals surface area contributed by atoms with E-state index in [4.69, 9.17) is 0 Å². The molecule has 5 nitrogen and oxygen atoms in total. The van der Waals surface area contributed by atoms with Crippen molar-refractivity contribution in [3.05, 3.63) is 75.4 Å². The van der Waals surface area contributed by atoms with Crippen molar-refractivity contribution in [1.82, 2.24) is 9.97 Å². The van der Waals surface area contributed by atoms with Gasteiger partial charge in [-0.3, -0.25) is 9.59 Å². The lowest BCUT2D eigenvalue weighted by Crippen LogP contribution is -2.43. The van der Waals surface area contributed by atoms with Gasteiger partial charge in [-0.15, -0.1) is 11.3 Å². The molecule has 1 amide bonds. The second-order valence-electron chi connectivity index (χ2n) is 8.02. The first-order valence-corrected chi connectivity index (χ1v) is 12.4. The lowest BCUT2D eigenvalue weighted by atomic mass is 9.97. The average molecular weight is 462 g/mol. The van der Waals surface area contributed by atoms with E-state index >= 15 is 0 Å². The minimum atomic E-state index is -0.162. The number of hydrogen-bond acceptors (Lipinski definition) is 5. The van der Waals surface area contributed by atoms with E-state index < -0.39 is 0 Å². The van der Waals surface area contributed by atoms with Gasteiger partial charge in [-0.25, -0.2) is 4.98 Å². The number of para-hydroxylation sites is 1. The zero-order valence-electron chi connectivity index (χ0n) is 17.9. The third-order valence-corrected chi connectivity index (χ3v) is 7.76. The van der Waals surface area contributed by atoms with Crippen LogP contribution in [0.2, 0.25) is 0 Å². The lowest BCUT2D eigenvalue weighted by Gasteiger charge is -2.35. The highest BCUT2D eigenvalue weighted by molar-refractivity contribution is 7.99. The highest BCUT2D eigenvalue weighted by Gasteiger charge is 2.28. The Morgan fingerprint density at radius 2 is 1.94 bits per heavy atom. The molecule has 0 aliphatic carbocycles. The quantitative estimate of drug-likeness (QED) is 0.326. The van der Waals surface area contributed by atoms with Crippen molar-refractivity contribution < 1.29 is 4.79 Å². The molecule has 32 heavy (non-hydrogen) atoms. The highest BCUT2D eigenvalue weighted by atomic mass is 32.2. The number of aryl methyl sites for hydroxylation is 2. The van der Waals surface area contributed by atoms with Crippen LogP contribution in [0, 0.1) is 6.92 Å². The number of aromatic amines is 1. The number of carbonyl (C=O) groups excluding carboxylic acids is 1. The van der Waals surface area contributed by atoms with Crippen molar-refractivity contribution in [2.24, 2.45) is 0 Å². The van der Waals surface area contributed by atoms with Crippen LogP contribution in [0.5, 0.6) is 0 Å². The molecule has 0 fully saturated rings. The number of nitrogens with zero attached hydrogens (tertiary/aromatic N) is 2. The van der Waals surface area contributed by atoms with E-state index in [-0.39, 0.29) is 23.3 Å². The number of carbonyl (C=O) groups is 1. The predicted octanol–water partition coefficient (Wildman–Crippen LogP) is 5.42. The standard InChI is InChI=1S/C25H23N3O2S2/c1-15-12-13-17-8-6-7-11-19(17)28(15)20(29)14-31-25-26-23(30)22-21(16(2)32-24(22)27-25)18-9-4-3-5-10-18/h3-11,15H,12-14H2,1-2H3,(H,26,27,30)/t15-/m0/s1. The van der Waals surface area contributed by atoms with Gasteiger partial charge in [0, 0.05) is 22.2 Å². The maximum absolute atomic E-state index is 13.1. The summed E-state index contributed by atoms with van der Waals surface area (Å²) in [7, 11) is 0. The normalized spacial score (nSPS) is 15.7. The van der Waals surface area contributed by atoms with Crippen molar-refractivity contribution in [1.29, 1.82) is 0 Å². The topological polar surface area (TPSA) is 66.1 Å². The molecule has 0 saturated heterocycles. The molecular weight excluding hydrogens is 438 g/mol. The van der Waals surface area contributed by atoms with Crippen LogP contribution in [-0.4, -0.2) is 27.7 Å². The predicted molar refractivity (Wildman–Crippen MR) is 133 cm³/mol. The summed E-state index contributed by atoms with van der Waals surface area (Å²) in [5, 5.41) is 1.10. The molecule has 7 heteroatoms. The van der Waals surface area contributed by atoms with Gasteiger partial charge in [0.05, 0.1) is 11.1 Å². The number of hydrogen-bond donors (Lipinski definition) is 1. The van der Waals surface area contributed by atoms with Crippen molar-refractivity contribution in [3.8, 4) is 11.1 Å². The molecule has 0 spiro atoms. The molecule has 0 unspecified atom stereocenters. The van der Waals surface area contributed by atoms with Gasteiger partial charge >= 0.3 is 0 Å². The van der Waals surface area contributed by atoms with E-state index in [2.05, 4.69) is 23.0 Å². The first kappa shape index (κ1) is 21.0. The summed E-state index contributed by atoms with van der Waals surface area (Å²) < 4.78 is 0. The van der Waals surface area contributed by atoms with Gasteiger partial charge in [0.1, 0.15) is 4.83 Å². The number of thioether (sulfide) groups is 1. The van der Waals surface area contributed by atoms with E-state index in [0.717, 1.165) is 34.5 Å². The zero-order chi connectivity index (χ0) is 22.2. The van der Waals surface area contributed by atoms with Crippen LogP contribution < -0.4 is 10.5 Å². The number of benzene rings is 2. The largest absolute Gasteiger partial charge is 0.309 e. The number of nitrogens with one attached hydrogen (secondary N) is 1. The fourth-order valence-corrected chi connectivity index (χ4v) is 6.21. The number of amides is 1. The van der Waals surface area contributed by atoms with E-state index in [1.807, 2.05) is 60.4 Å². The van der Waals surface area contributed by atoms with Crippen molar-refractivity contribution >= 4 is 44.9 Å². The highest BCUT2D eigenvalue weighted by Crippen LogP contribution is 2.36. The maximum atomic E-state index is 13.1. The Hall–Kier alpha value is -2.90. The smallest absolute Gasteiger partial charge is 0.260 e. The molecule has 1 N–H and O–H groups in total. The molecular formula is C25H23N3O2S2. The van der Waals surface area contributed by atoms with Crippen molar-refractivity contribution in [3.63, 3.8) is 0 Å². The van der Waals surface area contributed by atoms with Crippen LogP contribution in [0.25, 0.3) is 21.3 Å². The number of thiophene rings is 1. The number of H-pyrrole nitrogens is 1. The molecule has 1 aliphatic heterocycles. The molecule has 0 saturated carbocycles. The number of anilines is 1. The first-order valence-electron chi connectivity index (χ1n) is 10.6. The molecule has 4 aromatic rings. The molecule has 162 valence electrons. The number of fused-ring (bicyclic) bond motifs is 2. The lowest BCUT2D eigenvalue weighted by molar-refractivity contribution is -0.116. The number of rotatable bonds is 4. The van der Waals surface area contributed by atoms with Crippen molar-refractivity contribution in [2.75, 3.05) is 10.7 Å². The van der Waals surface area contributed by atoms with Gasteiger partial charge in [0.2, 0.25) is 5.91 Å². The molecule has 0 radical (unpaired) electrons. The van der Waals surface area contributed by atoms with E-state index in [9.17, 15) is 9.59 Å². The van der Waals surface area contributed by atoms with Gasteiger partial charge in [0.25, 0.3) is 5.56 Å². The second kappa shape index (κ2) is 8.56. The summed E-state index contributed by atoms with van der Waals surface area (Å²) >= 11 is 2.80. The third kappa shape index (κ3) is 3.76. The van der Waals surface area contributed by atoms with Gasteiger partial charge in [0.15, 0.2) is 5.16 Å². The van der Waals surface area contributed by atoms with Crippen molar-refractivity contribution in [2.45, 2.75) is 37.9 Å². The zero-order valence-corrected chi connectivity index (χ0v) is 19.6. The molecule has 1 atom stereocenters. The summed E-state index contributed by atoms with van der Waals surface area (Å²) in [6, 6.07) is 18.2. The van der Waals surface area contributed by atoms with Crippen LogP contribution in [0.15, 0.2) is 64.5 Å². The summed E-state index contributed by atoms with van der Waals surface area (Å²) in [5.74, 6) is 0.257. The Morgan fingerprint density at radius 3 is 2.75 bits per heavy atom. The van der Waals surface area contributed by atoms with Crippen LogP contribution in [0.4, 0.5) is 5.69 Å². The van der Waals surface area contributed by atoms with Crippen LogP contribution in [0.3, 0.4) is 0 Å². The summed E-state index contributed by atoms with van der Waals surface area (Å²) in [4.78, 5) is 37.3. The summed E-state index contributed by atoms with van der Waals surface area (Å²) in [6.45, 7) is 4.10. The SMILES string of the molecule is Cc1sc2nc(SCC(=O)N3c4ccccc4CC[C@@H]3C)[nH]c(=O)c2c1-c1ccccc1. The summed E-state index contributed by atoms with van der Waals surface area (Å²) in [6.07, 6.45) is 1.94. The maximum Gasteiger partial charge on any atom is 0.260 e. The Balaban J connectivity index is 1.41. The average Bonchev–Trinajstić information content (AvgIpc) is 3.14. The molecule has 3 heterocycles. The van der Waals surface area contributed by atoms with Crippen LogP contribution >= 0.6 is 23.1 Å². The molecule has 1 aliphatic rings. The molecule has 2 aromatic carbocycles. The minimum Gasteiger partial charge on any atom is -0.309 e. The van der Waals surface area contributed by atoms with Gasteiger partial charge in [-0.1, -0.05) is 60.3 Å². The monoisotopic (exact) mass is 461 g/mol. The second-order valence-corrected chi connectivity index (χ2v) is 10.2. The molecule has 5 rings (SSSR count). The fourth-order valence-electron chi connectivity index (χ4n) is 4.39. The van der Waals surface area contributed by atoms with E-state index in [0.29, 0.717) is 15.4 Å². The van der Waals surface area contributed by atoms with Gasteiger partial charge in [-0.2, -0.15) is 0 Å². The molecule has 2 aromatic heterocycles. The van der Waals surface area contributed by atoms with Crippen LogP contribution in [0.1, 0.15) is 23.8 Å². The van der Waals surface area contributed by atoms with E-state index in [1.165, 1.54) is 28.7 Å². The summed E-state index contributed by atoms with van der Waals surface area (Å²) in [5.41, 5.74) is 3.99. The Bertz CT molecular complexity index is 1360. The van der Waals surface area contributed by atoms with Crippen LogP contribution in [-0.2, 0) is 11.2 Å². The van der Waals surface area contributed by atoms with Gasteiger partial charge < -0.3 is 9.88 Å². The fraction of sp³-hybridized carbons (Fsp3) is 0.240.